The lowest BCUT2D eigenvalue weighted by molar-refractivity contribution is 0.415. The summed E-state index contributed by atoms with van der Waals surface area (Å²) in [4.78, 5) is 7.17. The number of halogens is 1. The number of nitrogens with one attached hydrogen (secondary N) is 1. The predicted molar refractivity (Wildman–Crippen MR) is 60.3 cm³/mol. The number of ether oxygens (including phenoxy) is 1. The first kappa shape index (κ1) is 10.1. The molecule has 1 heterocycles. The van der Waals surface area contributed by atoms with E-state index in [1.54, 1.807) is 7.11 Å². The first-order chi connectivity index (χ1) is 7.20. The van der Waals surface area contributed by atoms with E-state index in [1.165, 1.54) is 0 Å². The van der Waals surface area contributed by atoms with Gasteiger partial charge < -0.3 is 9.72 Å². The summed E-state index contributed by atoms with van der Waals surface area (Å²) < 4.78 is 5.15. The molecule has 1 aromatic carbocycles. The standard InChI is InChI=1S/C11H11ClN2O/c1-7-10(14-11(12)13-7)8-4-3-5-9(6-8)15-2/h3-6H,1-2H3,(H,13,14). The molecule has 0 aliphatic carbocycles. The topological polar surface area (TPSA) is 37.9 Å². The minimum atomic E-state index is 0.408. The van der Waals surface area contributed by atoms with Crippen LogP contribution >= 0.6 is 11.6 Å². The van der Waals surface area contributed by atoms with E-state index in [-0.39, 0.29) is 0 Å². The summed E-state index contributed by atoms with van der Waals surface area (Å²) in [5, 5.41) is 0.408. The molecule has 0 saturated carbocycles. The summed E-state index contributed by atoms with van der Waals surface area (Å²) in [6, 6.07) is 7.73. The maximum atomic E-state index is 5.79. The molecule has 4 heteroatoms. The molecule has 3 nitrogen and oxygen atoms in total. The lowest BCUT2D eigenvalue weighted by Crippen LogP contribution is -1.85. The Morgan fingerprint density at radius 3 is 2.80 bits per heavy atom. The van der Waals surface area contributed by atoms with E-state index in [9.17, 15) is 0 Å². The molecule has 0 spiro atoms. The van der Waals surface area contributed by atoms with Gasteiger partial charge in [0, 0.05) is 11.3 Å². The molecule has 0 atom stereocenters. The first-order valence-corrected chi connectivity index (χ1v) is 4.95. The second kappa shape index (κ2) is 3.95. The van der Waals surface area contributed by atoms with Crippen molar-refractivity contribution in [3.63, 3.8) is 0 Å². The van der Waals surface area contributed by atoms with Gasteiger partial charge >= 0.3 is 0 Å². The Hall–Kier alpha value is -1.48. The zero-order valence-corrected chi connectivity index (χ0v) is 9.30. The number of aromatic nitrogens is 2. The van der Waals surface area contributed by atoms with Crippen LogP contribution in [0.2, 0.25) is 5.28 Å². The summed E-state index contributed by atoms with van der Waals surface area (Å²) in [6.45, 7) is 1.94. The van der Waals surface area contributed by atoms with E-state index in [4.69, 9.17) is 16.3 Å². The average molecular weight is 223 g/mol. The molecule has 1 aromatic heterocycles. The van der Waals surface area contributed by atoms with E-state index in [2.05, 4.69) is 9.97 Å². The SMILES string of the molecule is COc1cccc(-c2nc(Cl)[nH]c2C)c1. The number of rotatable bonds is 2. The fourth-order valence-electron chi connectivity index (χ4n) is 1.48. The second-order valence-electron chi connectivity index (χ2n) is 3.23. The Bertz CT molecular complexity index is 479. The van der Waals surface area contributed by atoms with Crippen LogP contribution < -0.4 is 4.74 Å². The number of aryl methyl sites for hydroxylation is 1. The van der Waals surface area contributed by atoms with Crippen LogP contribution in [0.15, 0.2) is 24.3 Å². The predicted octanol–water partition coefficient (Wildman–Crippen LogP) is 3.05. The number of imidazole rings is 1. The van der Waals surface area contributed by atoms with Gasteiger partial charge in [-0.25, -0.2) is 4.98 Å². The number of aromatic amines is 1. The second-order valence-corrected chi connectivity index (χ2v) is 3.59. The van der Waals surface area contributed by atoms with Crippen molar-refractivity contribution < 1.29 is 4.74 Å². The molecule has 0 saturated heterocycles. The van der Waals surface area contributed by atoms with E-state index in [0.717, 1.165) is 22.7 Å². The Balaban J connectivity index is 2.49. The van der Waals surface area contributed by atoms with Gasteiger partial charge in [0.1, 0.15) is 5.75 Å². The Morgan fingerprint density at radius 2 is 2.20 bits per heavy atom. The molecule has 2 aromatic rings. The van der Waals surface area contributed by atoms with Crippen LogP contribution in [0.25, 0.3) is 11.3 Å². The molecule has 0 amide bonds. The first-order valence-electron chi connectivity index (χ1n) is 4.57. The molecule has 0 aliphatic rings. The molecule has 78 valence electrons. The largest absolute Gasteiger partial charge is 0.497 e. The Kier molecular flexibility index (Phi) is 2.64. The maximum absolute atomic E-state index is 5.79. The fraction of sp³-hybridized carbons (Fsp3) is 0.182. The zero-order valence-electron chi connectivity index (χ0n) is 8.54. The molecule has 0 radical (unpaired) electrons. The molecule has 0 aliphatic heterocycles. The van der Waals surface area contributed by atoms with Crippen molar-refractivity contribution in [2.45, 2.75) is 6.92 Å². The molecule has 15 heavy (non-hydrogen) atoms. The Labute approximate surface area is 93.1 Å². The van der Waals surface area contributed by atoms with Crippen molar-refractivity contribution >= 4 is 11.6 Å². The van der Waals surface area contributed by atoms with Gasteiger partial charge in [-0.05, 0) is 30.7 Å². The van der Waals surface area contributed by atoms with Crippen molar-refractivity contribution in [1.82, 2.24) is 9.97 Å². The normalized spacial score (nSPS) is 10.3. The summed E-state index contributed by atoms with van der Waals surface area (Å²) >= 11 is 5.79. The molecular formula is C11H11ClN2O. The third-order valence-corrected chi connectivity index (χ3v) is 2.38. The molecule has 1 N–H and O–H groups in total. The van der Waals surface area contributed by atoms with Crippen molar-refractivity contribution in [2.75, 3.05) is 7.11 Å². The number of benzene rings is 1. The van der Waals surface area contributed by atoms with Gasteiger partial charge in [-0.1, -0.05) is 12.1 Å². The summed E-state index contributed by atoms with van der Waals surface area (Å²) in [5.74, 6) is 0.811. The summed E-state index contributed by atoms with van der Waals surface area (Å²) in [6.07, 6.45) is 0. The van der Waals surface area contributed by atoms with Crippen LogP contribution in [0.3, 0.4) is 0 Å². The van der Waals surface area contributed by atoms with Gasteiger partial charge in [-0.3, -0.25) is 0 Å². The van der Waals surface area contributed by atoms with Crippen LogP contribution in [0.4, 0.5) is 0 Å². The minimum absolute atomic E-state index is 0.408. The number of nitrogens with zero attached hydrogens (tertiary/aromatic N) is 1. The minimum Gasteiger partial charge on any atom is -0.497 e. The fourth-order valence-corrected chi connectivity index (χ4v) is 1.70. The van der Waals surface area contributed by atoms with Crippen molar-refractivity contribution in [3.05, 3.63) is 35.2 Å². The van der Waals surface area contributed by atoms with Crippen LogP contribution in [-0.2, 0) is 0 Å². The third kappa shape index (κ3) is 1.97. The van der Waals surface area contributed by atoms with E-state index in [1.807, 2.05) is 31.2 Å². The monoisotopic (exact) mass is 222 g/mol. The van der Waals surface area contributed by atoms with Crippen LogP contribution in [0.5, 0.6) is 5.75 Å². The van der Waals surface area contributed by atoms with Crippen molar-refractivity contribution in [3.8, 4) is 17.0 Å². The van der Waals surface area contributed by atoms with Crippen LogP contribution in [-0.4, -0.2) is 17.1 Å². The van der Waals surface area contributed by atoms with Gasteiger partial charge in [-0.2, -0.15) is 0 Å². The summed E-state index contributed by atoms with van der Waals surface area (Å²) in [7, 11) is 1.64. The molecule has 0 bridgehead atoms. The van der Waals surface area contributed by atoms with Crippen molar-refractivity contribution in [1.29, 1.82) is 0 Å². The van der Waals surface area contributed by atoms with Crippen LogP contribution in [0.1, 0.15) is 5.69 Å². The summed E-state index contributed by atoms with van der Waals surface area (Å²) in [5.41, 5.74) is 2.81. The smallest absolute Gasteiger partial charge is 0.200 e. The highest BCUT2D eigenvalue weighted by molar-refractivity contribution is 6.28. The van der Waals surface area contributed by atoms with E-state index < -0.39 is 0 Å². The molecule has 2 rings (SSSR count). The van der Waals surface area contributed by atoms with Crippen molar-refractivity contribution in [2.24, 2.45) is 0 Å². The van der Waals surface area contributed by atoms with Gasteiger partial charge in [0.25, 0.3) is 0 Å². The Morgan fingerprint density at radius 1 is 1.40 bits per heavy atom. The average Bonchev–Trinajstić information content (AvgIpc) is 2.58. The zero-order chi connectivity index (χ0) is 10.8. The lowest BCUT2D eigenvalue weighted by atomic mass is 10.1. The number of hydrogen-bond acceptors (Lipinski definition) is 2. The van der Waals surface area contributed by atoms with E-state index in [0.29, 0.717) is 5.28 Å². The van der Waals surface area contributed by atoms with Gasteiger partial charge in [-0.15, -0.1) is 0 Å². The van der Waals surface area contributed by atoms with Gasteiger partial charge in [0.2, 0.25) is 5.28 Å². The third-order valence-electron chi connectivity index (χ3n) is 2.20. The number of H-pyrrole nitrogens is 1. The van der Waals surface area contributed by atoms with Crippen LogP contribution in [0, 0.1) is 6.92 Å². The van der Waals surface area contributed by atoms with Gasteiger partial charge in [0.05, 0.1) is 12.8 Å². The lowest BCUT2D eigenvalue weighted by Gasteiger charge is -2.02. The molecule has 0 unspecified atom stereocenters. The quantitative estimate of drug-likeness (QED) is 0.848. The number of hydrogen-bond donors (Lipinski definition) is 1. The highest BCUT2D eigenvalue weighted by Gasteiger charge is 2.07. The highest BCUT2D eigenvalue weighted by atomic mass is 35.5. The molecule has 0 fully saturated rings. The molecular weight excluding hydrogens is 212 g/mol. The number of methoxy groups -OCH3 is 1. The van der Waals surface area contributed by atoms with Gasteiger partial charge in [0.15, 0.2) is 0 Å². The van der Waals surface area contributed by atoms with E-state index >= 15 is 0 Å². The highest BCUT2D eigenvalue weighted by Crippen LogP contribution is 2.25. The maximum Gasteiger partial charge on any atom is 0.200 e.